The van der Waals surface area contributed by atoms with Crippen LogP contribution >= 0.6 is 11.6 Å². The van der Waals surface area contributed by atoms with Crippen LogP contribution in [0.4, 0.5) is 0 Å². The van der Waals surface area contributed by atoms with Gasteiger partial charge in [-0.3, -0.25) is 14.2 Å². The van der Waals surface area contributed by atoms with Crippen LogP contribution in [0.1, 0.15) is 46.0 Å². The molecule has 1 aromatic heterocycles. The quantitative estimate of drug-likeness (QED) is 0.936. The van der Waals surface area contributed by atoms with E-state index in [1.165, 1.54) is 4.57 Å². The summed E-state index contributed by atoms with van der Waals surface area (Å²) in [6.45, 7) is 7.83. The van der Waals surface area contributed by atoms with Crippen molar-refractivity contribution in [2.24, 2.45) is 12.5 Å². The fourth-order valence-corrected chi connectivity index (χ4v) is 2.65. The number of fused-ring (bicyclic) bond motifs is 1. The van der Waals surface area contributed by atoms with Gasteiger partial charge < -0.3 is 5.32 Å². The molecule has 6 heteroatoms. The fraction of sp³-hybridized carbons (Fsp3) is 0.471. The van der Waals surface area contributed by atoms with E-state index in [0.717, 1.165) is 0 Å². The van der Waals surface area contributed by atoms with Crippen molar-refractivity contribution in [3.63, 3.8) is 0 Å². The van der Waals surface area contributed by atoms with Gasteiger partial charge in [-0.1, -0.05) is 32.4 Å². The molecule has 1 heterocycles. The molecule has 1 amide bonds. The van der Waals surface area contributed by atoms with Gasteiger partial charge in [0, 0.05) is 18.5 Å². The van der Waals surface area contributed by atoms with Gasteiger partial charge in [0.15, 0.2) is 0 Å². The van der Waals surface area contributed by atoms with Crippen molar-refractivity contribution in [3.05, 3.63) is 39.4 Å². The van der Waals surface area contributed by atoms with Crippen LogP contribution in [0.5, 0.6) is 0 Å². The standard InChI is InChI=1S/C17H22ClN3O2/c1-10(19-14(22)9-17(2,3)4)15-20-13-8-11(18)6-7-12(13)16(23)21(15)5/h6-8,10H,9H2,1-5H3,(H,19,22)/t10-/m1/s1. The van der Waals surface area contributed by atoms with Crippen molar-refractivity contribution in [2.75, 3.05) is 0 Å². The van der Waals surface area contributed by atoms with Gasteiger partial charge in [0.05, 0.1) is 16.9 Å². The van der Waals surface area contributed by atoms with E-state index in [9.17, 15) is 9.59 Å². The number of amides is 1. The normalized spacial score (nSPS) is 13.1. The van der Waals surface area contributed by atoms with Crippen LogP contribution in [-0.2, 0) is 11.8 Å². The molecular weight excluding hydrogens is 314 g/mol. The smallest absolute Gasteiger partial charge is 0.261 e. The van der Waals surface area contributed by atoms with E-state index < -0.39 is 0 Å². The summed E-state index contributed by atoms with van der Waals surface area (Å²) in [4.78, 5) is 29.1. The fourth-order valence-electron chi connectivity index (χ4n) is 2.49. The predicted octanol–water partition coefficient (Wildman–Crippen LogP) is 3.20. The lowest BCUT2D eigenvalue weighted by atomic mass is 9.92. The maximum Gasteiger partial charge on any atom is 0.261 e. The lowest BCUT2D eigenvalue weighted by Gasteiger charge is -2.21. The van der Waals surface area contributed by atoms with Gasteiger partial charge in [-0.15, -0.1) is 0 Å². The molecule has 5 nitrogen and oxygen atoms in total. The Morgan fingerprint density at radius 1 is 1.39 bits per heavy atom. The number of carbonyl (C=O) groups excluding carboxylic acids is 1. The van der Waals surface area contributed by atoms with Crippen LogP contribution in [-0.4, -0.2) is 15.5 Å². The first kappa shape index (κ1) is 17.5. The highest BCUT2D eigenvalue weighted by Gasteiger charge is 2.20. The van der Waals surface area contributed by atoms with Crippen molar-refractivity contribution in [1.82, 2.24) is 14.9 Å². The monoisotopic (exact) mass is 335 g/mol. The molecule has 0 aliphatic rings. The van der Waals surface area contributed by atoms with Crippen molar-refractivity contribution >= 4 is 28.4 Å². The van der Waals surface area contributed by atoms with Gasteiger partial charge in [0.2, 0.25) is 5.91 Å². The number of benzene rings is 1. The van der Waals surface area contributed by atoms with Gasteiger partial charge >= 0.3 is 0 Å². The van der Waals surface area contributed by atoms with E-state index >= 15 is 0 Å². The molecule has 124 valence electrons. The first-order valence-electron chi connectivity index (χ1n) is 7.54. The summed E-state index contributed by atoms with van der Waals surface area (Å²) in [6.07, 6.45) is 0.407. The summed E-state index contributed by atoms with van der Waals surface area (Å²) in [5.74, 6) is 0.442. The molecule has 0 fully saturated rings. The second kappa shape index (κ2) is 6.32. The number of halogens is 1. The zero-order chi connectivity index (χ0) is 17.4. The summed E-state index contributed by atoms with van der Waals surface area (Å²) >= 11 is 5.98. The number of hydrogen-bond acceptors (Lipinski definition) is 3. The van der Waals surface area contributed by atoms with Crippen molar-refractivity contribution in [2.45, 2.75) is 40.2 Å². The molecular formula is C17H22ClN3O2. The van der Waals surface area contributed by atoms with E-state index in [0.29, 0.717) is 28.2 Å². The van der Waals surface area contributed by atoms with Crippen LogP contribution in [0.2, 0.25) is 5.02 Å². The topological polar surface area (TPSA) is 64.0 Å². The minimum atomic E-state index is -0.370. The second-order valence-corrected chi connectivity index (χ2v) is 7.46. The highest BCUT2D eigenvalue weighted by atomic mass is 35.5. The average Bonchev–Trinajstić information content (AvgIpc) is 2.40. The number of nitrogens with zero attached hydrogens (tertiary/aromatic N) is 2. The SMILES string of the molecule is C[C@@H](NC(=O)CC(C)(C)C)c1nc2cc(Cl)ccc2c(=O)n1C. The zero-order valence-corrected chi connectivity index (χ0v) is 14.9. The first-order chi connectivity index (χ1) is 10.6. The van der Waals surface area contributed by atoms with Gasteiger partial charge in [0.25, 0.3) is 5.56 Å². The molecule has 1 N–H and O–H groups in total. The average molecular weight is 336 g/mol. The molecule has 0 aliphatic heterocycles. The Hall–Kier alpha value is -1.88. The maximum atomic E-state index is 12.4. The molecule has 0 unspecified atom stereocenters. The molecule has 2 aromatic rings. The van der Waals surface area contributed by atoms with Crippen LogP contribution < -0.4 is 10.9 Å². The summed E-state index contributed by atoms with van der Waals surface area (Å²) in [5.41, 5.74) is 0.283. The number of nitrogens with one attached hydrogen (secondary N) is 1. The molecule has 23 heavy (non-hydrogen) atoms. The Morgan fingerprint density at radius 3 is 2.65 bits per heavy atom. The zero-order valence-electron chi connectivity index (χ0n) is 14.1. The van der Waals surface area contributed by atoms with Crippen LogP contribution in [0.25, 0.3) is 10.9 Å². The maximum absolute atomic E-state index is 12.4. The third-order valence-corrected chi connectivity index (χ3v) is 3.76. The Labute approximate surface area is 140 Å². The lowest BCUT2D eigenvalue weighted by molar-refractivity contribution is -0.123. The third kappa shape index (κ3) is 4.10. The molecule has 0 aliphatic carbocycles. The number of rotatable bonds is 3. The van der Waals surface area contributed by atoms with Crippen LogP contribution in [0, 0.1) is 5.41 Å². The molecule has 2 rings (SSSR count). The van der Waals surface area contributed by atoms with E-state index in [4.69, 9.17) is 11.6 Å². The van der Waals surface area contributed by atoms with Crippen molar-refractivity contribution in [3.8, 4) is 0 Å². The van der Waals surface area contributed by atoms with Crippen molar-refractivity contribution in [1.29, 1.82) is 0 Å². The van der Waals surface area contributed by atoms with Gasteiger partial charge in [-0.25, -0.2) is 4.98 Å². The third-order valence-electron chi connectivity index (χ3n) is 3.53. The number of aromatic nitrogens is 2. The lowest BCUT2D eigenvalue weighted by Crippen LogP contribution is -2.34. The minimum Gasteiger partial charge on any atom is -0.346 e. The van der Waals surface area contributed by atoms with Gasteiger partial charge in [0.1, 0.15) is 5.82 Å². The summed E-state index contributed by atoms with van der Waals surface area (Å²) in [5, 5.41) is 3.94. The summed E-state index contributed by atoms with van der Waals surface area (Å²) < 4.78 is 1.47. The Bertz CT molecular complexity index is 806. The van der Waals surface area contributed by atoms with E-state index in [1.807, 2.05) is 27.7 Å². The van der Waals surface area contributed by atoms with Crippen molar-refractivity contribution < 1.29 is 4.79 Å². The highest BCUT2D eigenvalue weighted by molar-refractivity contribution is 6.31. The molecule has 0 bridgehead atoms. The first-order valence-corrected chi connectivity index (χ1v) is 7.92. The van der Waals surface area contributed by atoms with Gasteiger partial charge in [-0.05, 0) is 30.5 Å². The highest BCUT2D eigenvalue weighted by Crippen LogP contribution is 2.20. The van der Waals surface area contributed by atoms with E-state index in [-0.39, 0.29) is 22.9 Å². The molecule has 1 aromatic carbocycles. The van der Waals surface area contributed by atoms with E-state index in [1.54, 1.807) is 25.2 Å². The second-order valence-electron chi connectivity index (χ2n) is 7.02. The molecule has 1 atom stereocenters. The largest absolute Gasteiger partial charge is 0.346 e. The Morgan fingerprint density at radius 2 is 2.04 bits per heavy atom. The molecule has 0 radical (unpaired) electrons. The van der Waals surface area contributed by atoms with Crippen LogP contribution in [0.3, 0.4) is 0 Å². The summed E-state index contributed by atoms with van der Waals surface area (Å²) in [7, 11) is 1.66. The molecule has 0 saturated heterocycles. The van der Waals surface area contributed by atoms with Gasteiger partial charge in [-0.2, -0.15) is 0 Å². The van der Waals surface area contributed by atoms with Crippen LogP contribution in [0.15, 0.2) is 23.0 Å². The number of carbonyl (C=O) groups is 1. The molecule has 0 spiro atoms. The number of hydrogen-bond donors (Lipinski definition) is 1. The predicted molar refractivity (Wildman–Crippen MR) is 92.6 cm³/mol. The Balaban J connectivity index is 2.37. The van der Waals surface area contributed by atoms with E-state index in [2.05, 4.69) is 10.3 Å². The minimum absolute atomic E-state index is 0.0644. The Kier molecular flexibility index (Phi) is 4.80. The molecule has 0 saturated carbocycles. The summed E-state index contributed by atoms with van der Waals surface area (Å²) in [6, 6.07) is 4.62.